The molecule has 1 atom stereocenters. The van der Waals surface area contributed by atoms with E-state index in [4.69, 9.17) is 0 Å². The lowest BCUT2D eigenvalue weighted by atomic mass is 10.0. The van der Waals surface area contributed by atoms with Gasteiger partial charge in [0.2, 0.25) is 15.9 Å². The summed E-state index contributed by atoms with van der Waals surface area (Å²) >= 11 is 0. The number of carbonyl (C=O) groups is 2. The molecule has 24 heavy (non-hydrogen) atoms. The van der Waals surface area contributed by atoms with Crippen molar-refractivity contribution in [3.63, 3.8) is 0 Å². The van der Waals surface area contributed by atoms with Crippen molar-refractivity contribution in [1.29, 1.82) is 0 Å². The van der Waals surface area contributed by atoms with E-state index in [2.05, 4.69) is 5.32 Å². The highest BCUT2D eigenvalue weighted by molar-refractivity contribution is 7.89. The Morgan fingerprint density at radius 1 is 1.21 bits per heavy atom. The summed E-state index contributed by atoms with van der Waals surface area (Å²) in [5.74, 6) is -0.353. The molecular weight excluding hydrogens is 328 g/mol. The van der Waals surface area contributed by atoms with Crippen molar-refractivity contribution in [1.82, 2.24) is 9.62 Å². The monoisotopic (exact) mass is 352 g/mol. The summed E-state index contributed by atoms with van der Waals surface area (Å²) in [5, 5.41) is 2.79. The minimum atomic E-state index is -3.76. The Balaban J connectivity index is 2.27. The van der Waals surface area contributed by atoms with Crippen molar-refractivity contribution in [2.24, 2.45) is 0 Å². The van der Waals surface area contributed by atoms with Gasteiger partial charge in [0.05, 0.1) is 4.90 Å². The van der Waals surface area contributed by atoms with E-state index in [0.717, 1.165) is 19.3 Å². The first kappa shape index (κ1) is 18.6. The number of ketones is 1. The van der Waals surface area contributed by atoms with E-state index in [1.165, 1.54) is 35.5 Å². The number of hydrogen-bond donors (Lipinski definition) is 1. The Labute approximate surface area is 143 Å². The summed E-state index contributed by atoms with van der Waals surface area (Å²) < 4.78 is 27.1. The highest BCUT2D eigenvalue weighted by Gasteiger charge is 2.37. The van der Waals surface area contributed by atoms with Crippen LogP contribution in [0.15, 0.2) is 29.2 Å². The number of Topliss-reactive ketones (excluding diaryl/α,β-unsaturated/α-hetero) is 1. The molecule has 1 aliphatic rings. The second-order valence-electron chi connectivity index (χ2n) is 6.00. The average molecular weight is 352 g/mol. The number of nitrogens with zero attached hydrogens (tertiary/aromatic N) is 1. The van der Waals surface area contributed by atoms with Crippen molar-refractivity contribution in [3.8, 4) is 0 Å². The molecule has 1 saturated heterocycles. The maximum atomic E-state index is 12.9. The summed E-state index contributed by atoms with van der Waals surface area (Å²) in [5.41, 5.74) is 0.463. The molecule has 1 amide bonds. The van der Waals surface area contributed by atoms with E-state index < -0.39 is 16.1 Å². The van der Waals surface area contributed by atoms with Crippen LogP contribution in [0.4, 0.5) is 0 Å². The standard InChI is InChI=1S/C17H24N2O4S/c1-3-11-18-17(21)16-6-4-5-12-19(16)24(22,23)15-9-7-14(8-10-15)13(2)20/h7-10,16H,3-6,11-12H2,1-2H3,(H,18,21). The molecule has 0 bridgehead atoms. The van der Waals surface area contributed by atoms with E-state index in [1.54, 1.807) is 0 Å². The summed E-state index contributed by atoms with van der Waals surface area (Å²) in [6, 6.07) is 5.21. The van der Waals surface area contributed by atoms with E-state index >= 15 is 0 Å². The molecule has 132 valence electrons. The van der Waals surface area contributed by atoms with Crippen LogP contribution in [-0.2, 0) is 14.8 Å². The van der Waals surface area contributed by atoms with Gasteiger partial charge in [-0.25, -0.2) is 8.42 Å². The minimum absolute atomic E-state index is 0.114. The molecule has 0 spiro atoms. The van der Waals surface area contributed by atoms with Gasteiger partial charge < -0.3 is 5.32 Å². The van der Waals surface area contributed by atoms with Crippen molar-refractivity contribution in [3.05, 3.63) is 29.8 Å². The molecule has 1 heterocycles. The number of rotatable bonds is 6. The molecule has 7 heteroatoms. The fourth-order valence-electron chi connectivity index (χ4n) is 2.82. The topological polar surface area (TPSA) is 83.6 Å². The molecule has 1 aromatic rings. The number of nitrogens with one attached hydrogen (secondary N) is 1. The Kier molecular flexibility index (Phi) is 6.12. The average Bonchev–Trinajstić information content (AvgIpc) is 2.59. The van der Waals surface area contributed by atoms with Gasteiger partial charge in [-0.2, -0.15) is 4.31 Å². The zero-order chi connectivity index (χ0) is 17.7. The number of sulfonamides is 1. The van der Waals surface area contributed by atoms with Gasteiger partial charge in [-0.1, -0.05) is 25.5 Å². The third-order valence-electron chi connectivity index (χ3n) is 4.17. The third kappa shape index (κ3) is 4.02. The van der Waals surface area contributed by atoms with Gasteiger partial charge in [0.1, 0.15) is 6.04 Å². The van der Waals surface area contributed by atoms with Crippen LogP contribution in [0.5, 0.6) is 0 Å². The number of piperidine rings is 1. The Bertz CT molecular complexity index is 698. The molecule has 1 unspecified atom stereocenters. The number of carbonyl (C=O) groups excluding carboxylic acids is 2. The molecule has 1 aromatic carbocycles. The van der Waals surface area contributed by atoms with E-state index in [9.17, 15) is 18.0 Å². The largest absolute Gasteiger partial charge is 0.355 e. The van der Waals surface area contributed by atoms with Crippen LogP contribution in [-0.4, -0.2) is 43.5 Å². The molecule has 2 rings (SSSR count). The lowest BCUT2D eigenvalue weighted by Crippen LogP contribution is -2.51. The summed E-state index contributed by atoms with van der Waals surface area (Å²) in [6.07, 6.45) is 2.90. The Morgan fingerprint density at radius 2 is 1.88 bits per heavy atom. The quantitative estimate of drug-likeness (QED) is 0.793. The summed E-state index contributed by atoms with van der Waals surface area (Å²) in [4.78, 5) is 23.8. The van der Waals surface area contributed by atoms with Gasteiger partial charge in [-0.15, -0.1) is 0 Å². The fraction of sp³-hybridized carbons (Fsp3) is 0.529. The molecule has 1 fully saturated rings. The van der Waals surface area contributed by atoms with Crippen LogP contribution in [0.1, 0.15) is 49.9 Å². The first-order valence-corrected chi connectivity index (χ1v) is 9.72. The fourth-order valence-corrected chi connectivity index (χ4v) is 4.47. The number of benzene rings is 1. The van der Waals surface area contributed by atoms with Gasteiger partial charge in [0.25, 0.3) is 0 Å². The predicted molar refractivity (Wildman–Crippen MR) is 91.3 cm³/mol. The van der Waals surface area contributed by atoms with Crippen LogP contribution < -0.4 is 5.32 Å². The maximum absolute atomic E-state index is 12.9. The zero-order valence-corrected chi connectivity index (χ0v) is 14.9. The highest BCUT2D eigenvalue weighted by Crippen LogP contribution is 2.25. The van der Waals surface area contributed by atoms with Crippen LogP contribution in [0, 0.1) is 0 Å². The van der Waals surface area contributed by atoms with Crippen LogP contribution in [0.3, 0.4) is 0 Å². The van der Waals surface area contributed by atoms with Crippen molar-refractivity contribution < 1.29 is 18.0 Å². The van der Waals surface area contributed by atoms with Crippen LogP contribution >= 0.6 is 0 Å². The van der Waals surface area contributed by atoms with Gasteiger partial charge in [-0.05, 0) is 38.3 Å². The molecule has 6 nitrogen and oxygen atoms in total. The minimum Gasteiger partial charge on any atom is -0.355 e. The molecule has 1 aliphatic heterocycles. The normalized spacial score (nSPS) is 19.0. The molecule has 0 aromatic heterocycles. The van der Waals surface area contributed by atoms with Gasteiger partial charge in [0, 0.05) is 18.7 Å². The summed E-state index contributed by atoms with van der Waals surface area (Å²) in [6.45, 7) is 4.26. The Hall–Kier alpha value is -1.73. The lowest BCUT2D eigenvalue weighted by molar-refractivity contribution is -0.125. The molecular formula is C17H24N2O4S. The molecule has 1 N–H and O–H groups in total. The third-order valence-corrected chi connectivity index (χ3v) is 6.10. The van der Waals surface area contributed by atoms with Gasteiger partial charge in [0.15, 0.2) is 5.78 Å². The SMILES string of the molecule is CCCNC(=O)C1CCCCN1S(=O)(=O)c1ccc(C(C)=O)cc1. The van der Waals surface area contributed by atoms with E-state index in [1.807, 2.05) is 6.92 Å². The second kappa shape index (κ2) is 7.90. The number of hydrogen-bond acceptors (Lipinski definition) is 4. The maximum Gasteiger partial charge on any atom is 0.243 e. The second-order valence-corrected chi connectivity index (χ2v) is 7.89. The molecule has 0 saturated carbocycles. The predicted octanol–water partition coefficient (Wildman–Crippen LogP) is 1.96. The zero-order valence-electron chi connectivity index (χ0n) is 14.1. The highest BCUT2D eigenvalue weighted by atomic mass is 32.2. The van der Waals surface area contributed by atoms with Crippen LogP contribution in [0.2, 0.25) is 0 Å². The van der Waals surface area contributed by atoms with Gasteiger partial charge >= 0.3 is 0 Å². The van der Waals surface area contributed by atoms with E-state index in [0.29, 0.717) is 25.1 Å². The Morgan fingerprint density at radius 3 is 2.46 bits per heavy atom. The van der Waals surface area contributed by atoms with Crippen molar-refractivity contribution in [2.45, 2.75) is 50.5 Å². The first-order chi connectivity index (χ1) is 11.4. The smallest absolute Gasteiger partial charge is 0.243 e. The van der Waals surface area contributed by atoms with Gasteiger partial charge in [-0.3, -0.25) is 9.59 Å². The van der Waals surface area contributed by atoms with Crippen molar-refractivity contribution >= 4 is 21.7 Å². The first-order valence-electron chi connectivity index (χ1n) is 8.28. The lowest BCUT2D eigenvalue weighted by Gasteiger charge is -2.33. The molecule has 0 radical (unpaired) electrons. The summed E-state index contributed by atoms with van der Waals surface area (Å²) in [7, 11) is -3.76. The van der Waals surface area contributed by atoms with E-state index in [-0.39, 0.29) is 16.6 Å². The van der Waals surface area contributed by atoms with Crippen LogP contribution in [0.25, 0.3) is 0 Å². The molecule has 0 aliphatic carbocycles. The number of amides is 1. The van der Waals surface area contributed by atoms with Crippen molar-refractivity contribution in [2.75, 3.05) is 13.1 Å².